The van der Waals surface area contributed by atoms with Crippen molar-refractivity contribution in [2.24, 2.45) is 0 Å². The number of aryl methyl sites for hydroxylation is 2. The van der Waals surface area contributed by atoms with Crippen molar-refractivity contribution < 1.29 is 0 Å². The van der Waals surface area contributed by atoms with E-state index in [1.165, 1.54) is 81.0 Å². The minimum absolute atomic E-state index is 1.10. The Labute approximate surface area is 236 Å². The lowest BCUT2D eigenvalue weighted by atomic mass is 9.83. The van der Waals surface area contributed by atoms with Crippen molar-refractivity contribution in [1.29, 1.82) is 0 Å². The van der Waals surface area contributed by atoms with Gasteiger partial charge in [-0.25, -0.2) is 0 Å². The van der Waals surface area contributed by atoms with Gasteiger partial charge in [-0.1, -0.05) is 84.9 Å². The zero-order chi connectivity index (χ0) is 26.2. The highest BCUT2D eigenvalue weighted by Crippen LogP contribution is 2.44. The average molecular weight is 528 g/mol. The fourth-order valence-electron chi connectivity index (χ4n) is 6.86. The Morgan fingerprint density at radius 1 is 0.500 bits per heavy atom. The fourth-order valence-corrected chi connectivity index (χ4v) is 7.94. The smallest absolute Gasteiger partial charge is 0.0547 e. The van der Waals surface area contributed by atoms with Gasteiger partial charge >= 0.3 is 0 Å². The summed E-state index contributed by atoms with van der Waals surface area (Å²) in [6.45, 7) is 0. The van der Waals surface area contributed by atoms with Crippen molar-refractivity contribution in [2.75, 3.05) is 0 Å². The van der Waals surface area contributed by atoms with Crippen molar-refractivity contribution in [3.05, 3.63) is 139 Å². The van der Waals surface area contributed by atoms with Gasteiger partial charge in [0.1, 0.15) is 0 Å². The van der Waals surface area contributed by atoms with Crippen molar-refractivity contribution >= 4 is 53.3 Å². The fraction of sp³-hybridized carbons (Fsp3) is 0.0526. The SMILES string of the molecule is c1ccc2c(c1)CCc1ccc3c(c1-2)c1ccccc1n3-c1ccc(-c2ccc3sc4ccccc4c3c2)cc1. The van der Waals surface area contributed by atoms with Gasteiger partial charge in [0.2, 0.25) is 0 Å². The molecule has 0 N–H and O–H groups in total. The molecule has 0 amide bonds. The predicted molar refractivity (Wildman–Crippen MR) is 172 cm³/mol. The van der Waals surface area contributed by atoms with Gasteiger partial charge in [-0.2, -0.15) is 0 Å². The number of rotatable bonds is 2. The molecule has 40 heavy (non-hydrogen) atoms. The summed E-state index contributed by atoms with van der Waals surface area (Å²) in [5.74, 6) is 0. The lowest BCUT2D eigenvalue weighted by molar-refractivity contribution is 0.945. The second-order valence-electron chi connectivity index (χ2n) is 10.9. The molecular weight excluding hydrogens is 502 g/mol. The minimum Gasteiger partial charge on any atom is -0.309 e. The predicted octanol–water partition coefficient (Wildman–Crippen LogP) is 10.6. The molecule has 1 aliphatic rings. The Kier molecular flexibility index (Phi) is 4.67. The Balaban J connectivity index is 1.23. The van der Waals surface area contributed by atoms with Crippen LogP contribution in [-0.2, 0) is 12.8 Å². The zero-order valence-electron chi connectivity index (χ0n) is 21.9. The quantitative estimate of drug-likeness (QED) is 0.211. The first kappa shape index (κ1) is 22.2. The molecule has 6 aromatic carbocycles. The van der Waals surface area contributed by atoms with Gasteiger partial charge in [-0.15, -0.1) is 11.3 Å². The van der Waals surface area contributed by atoms with Crippen LogP contribution in [0.5, 0.6) is 0 Å². The lowest BCUT2D eigenvalue weighted by Crippen LogP contribution is -2.04. The third kappa shape index (κ3) is 3.14. The maximum atomic E-state index is 2.45. The highest BCUT2D eigenvalue weighted by Gasteiger charge is 2.22. The Bertz CT molecular complexity index is 2260. The first-order valence-corrected chi connectivity index (χ1v) is 14.8. The van der Waals surface area contributed by atoms with E-state index in [0.29, 0.717) is 0 Å². The molecule has 0 radical (unpaired) electrons. The van der Waals surface area contributed by atoms with Crippen LogP contribution in [0.25, 0.3) is 69.9 Å². The van der Waals surface area contributed by atoms with Crippen LogP contribution in [0.15, 0.2) is 127 Å². The summed E-state index contributed by atoms with van der Waals surface area (Å²) in [5.41, 5.74) is 12.0. The van der Waals surface area contributed by atoms with E-state index in [-0.39, 0.29) is 0 Å². The Morgan fingerprint density at radius 2 is 1.23 bits per heavy atom. The largest absolute Gasteiger partial charge is 0.309 e. The first-order chi connectivity index (χ1) is 19.8. The minimum atomic E-state index is 1.10. The molecule has 0 atom stereocenters. The summed E-state index contributed by atoms with van der Waals surface area (Å²) < 4.78 is 5.14. The molecule has 1 aliphatic carbocycles. The highest BCUT2D eigenvalue weighted by atomic mass is 32.1. The van der Waals surface area contributed by atoms with Crippen LogP contribution in [0, 0.1) is 0 Å². The highest BCUT2D eigenvalue weighted by molar-refractivity contribution is 7.25. The Hall–Kier alpha value is -4.66. The molecule has 2 heteroatoms. The summed E-state index contributed by atoms with van der Waals surface area (Å²) in [4.78, 5) is 0. The number of benzene rings is 6. The topological polar surface area (TPSA) is 4.93 Å². The lowest BCUT2D eigenvalue weighted by Gasteiger charge is -2.21. The number of para-hydroxylation sites is 1. The molecule has 2 aromatic heterocycles. The molecule has 0 saturated heterocycles. The number of thiophene rings is 1. The van der Waals surface area contributed by atoms with Crippen LogP contribution in [0.1, 0.15) is 11.1 Å². The molecule has 0 bridgehead atoms. The number of hydrogen-bond acceptors (Lipinski definition) is 1. The molecule has 0 unspecified atom stereocenters. The van der Waals surface area contributed by atoms with Gasteiger partial charge in [0.15, 0.2) is 0 Å². The normalized spacial score (nSPS) is 12.8. The molecule has 8 aromatic rings. The molecule has 0 fully saturated rings. The summed E-state index contributed by atoms with van der Waals surface area (Å²) in [7, 11) is 0. The number of hydrogen-bond donors (Lipinski definition) is 0. The standard InChI is InChI=1S/C38H25NS/c1-2-8-29-25(7-1)13-14-26-17-21-34-38(37(26)29)31-10-3-5-11-33(31)39(34)28-19-15-24(16-20-28)27-18-22-36-32(23-27)30-9-4-6-12-35(30)40-36/h1-12,15-23H,13-14H2. The van der Waals surface area contributed by atoms with E-state index in [1.807, 2.05) is 11.3 Å². The van der Waals surface area contributed by atoms with Crippen LogP contribution >= 0.6 is 11.3 Å². The maximum absolute atomic E-state index is 2.45. The van der Waals surface area contributed by atoms with Crippen LogP contribution in [0.3, 0.4) is 0 Å². The summed E-state index contributed by atoms with van der Waals surface area (Å²) >= 11 is 1.87. The molecule has 0 saturated carbocycles. The molecule has 188 valence electrons. The van der Waals surface area contributed by atoms with Gasteiger partial charge in [-0.3, -0.25) is 0 Å². The van der Waals surface area contributed by atoms with E-state index in [4.69, 9.17) is 0 Å². The van der Waals surface area contributed by atoms with E-state index in [0.717, 1.165) is 12.8 Å². The third-order valence-electron chi connectivity index (χ3n) is 8.71. The van der Waals surface area contributed by atoms with E-state index in [2.05, 4.69) is 132 Å². The van der Waals surface area contributed by atoms with Crippen molar-refractivity contribution in [3.63, 3.8) is 0 Å². The maximum Gasteiger partial charge on any atom is 0.0547 e. The zero-order valence-corrected chi connectivity index (χ0v) is 22.7. The van der Waals surface area contributed by atoms with E-state index in [1.54, 1.807) is 0 Å². The molecule has 1 nitrogen and oxygen atoms in total. The monoisotopic (exact) mass is 527 g/mol. The molecule has 2 heterocycles. The number of nitrogens with zero attached hydrogens (tertiary/aromatic N) is 1. The van der Waals surface area contributed by atoms with Gasteiger partial charge < -0.3 is 4.57 Å². The van der Waals surface area contributed by atoms with E-state index in [9.17, 15) is 0 Å². The number of aromatic nitrogens is 1. The Morgan fingerprint density at radius 3 is 2.15 bits per heavy atom. The van der Waals surface area contributed by atoms with E-state index < -0.39 is 0 Å². The van der Waals surface area contributed by atoms with Crippen LogP contribution in [0.4, 0.5) is 0 Å². The second-order valence-corrected chi connectivity index (χ2v) is 11.9. The van der Waals surface area contributed by atoms with E-state index >= 15 is 0 Å². The molecular formula is C38H25NS. The summed E-state index contributed by atoms with van der Waals surface area (Å²) in [6.07, 6.45) is 2.21. The van der Waals surface area contributed by atoms with Gasteiger partial charge in [0.25, 0.3) is 0 Å². The summed E-state index contributed by atoms with van der Waals surface area (Å²) in [6, 6.07) is 47.3. The molecule has 0 aliphatic heterocycles. The molecule has 0 spiro atoms. The van der Waals surface area contributed by atoms with Crippen molar-refractivity contribution in [1.82, 2.24) is 4.57 Å². The van der Waals surface area contributed by atoms with Crippen LogP contribution < -0.4 is 0 Å². The average Bonchev–Trinajstić information content (AvgIpc) is 3.56. The van der Waals surface area contributed by atoms with Crippen LogP contribution in [0.2, 0.25) is 0 Å². The van der Waals surface area contributed by atoms with Crippen LogP contribution in [-0.4, -0.2) is 4.57 Å². The number of fused-ring (bicyclic) bond motifs is 10. The van der Waals surface area contributed by atoms with Gasteiger partial charge in [-0.05, 0) is 88.7 Å². The summed E-state index contributed by atoms with van der Waals surface area (Å²) in [5, 5.41) is 5.38. The van der Waals surface area contributed by atoms with Crippen molar-refractivity contribution in [3.8, 4) is 27.9 Å². The third-order valence-corrected chi connectivity index (χ3v) is 9.86. The second kappa shape index (κ2) is 8.42. The van der Waals surface area contributed by atoms with Gasteiger partial charge in [0.05, 0.1) is 11.0 Å². The first-order valence-electron chi connectivity index (χ1n) is 14.0. The molecule has 9 rings (SSSR count). The van der Waals surface area contributed by atoms with Gasteiger partial charge in [0, 0.05) is 36.6 Å². The van der Waals surface area contributed by atoms with Crippen molar-refractivity contribution in [2.45, 2.75) is 12.8 Å².